The van der Waals surface area contributed by atoms with E-state index < -0.39 is 0 Å². The fraction of sp³-hybridized carbons (Fsp3) is 0.149. The number of hydrogen-bond acceptors (Lipinski definition) is 0. The van der Waals surface area contributed by atoms with Crippen LogP contribution in [0.15, 0.2) is 140 Å². The largest absolute Gasteiger partial charge is 0.164 e. The summed E-state index contributed by atoms with van der Waals surface area (Å²) in [5, 5.41) is 10.8. The third-order valence-electron chi connectivity index (χ3n) is 10.0. The van der Waals surface area contributed by atoms with Gasteiger partial charge in [0.15, 0.2) is 0 Å². The minimum Gasteiger partial charge on any atom is -0.164 e. The van der Waals surface area contributed by atoms with Crippen LogP contribution < -0.4 is 0 Å². The van der Waals surface area contributed by atoms with Gasteiger partial charge in [0.2, 0.25) is 0 Å². The summed E-state index contributed by atoms with van der Waals surface area (Å²) in [6.07, 6.45) is 5.50. The predicted molar refractivity (Wildman–Crippen MR) is 214 cm³/mol. The SMILES string of the molecule is Cc1cc2c(-c3cccc4ccccc34)ccc(C)c2[cH-]1.[CH3-].[CH3-].[Si]=[Zr].c1ccc2c(-c3cccc4[cH-]c(C5CCCC5)cc34)cccc2c1. The summed E-state index contributed by atoms with van der Waals surface area (Å²) in [6.45, 7) is 7.42. The topological polar surface area (TPSA) is 0 Å². The van der Waals surface area contributed by atoms with Crippen LogP contribution in [-0.2, 0) is 23.3 Å². The molecule has 0 aromatic heterocycles. The van der Waals surface area contributed by atoms with E-state index in [9.17, 15) is 0 Å². The Balaban J connectivity index is 0.000000177. The van der Waals surface area contributed by atoms with Gasteiger partial charge in [-0.25, -0.2) is 0 Å². The molecule has 0 unspecified atom stereocenters. The molecular weight excluding hydrogens is 684 g/mol. The summed E-state index contributed by atoms with van der Waals surface area (Å²) in [7, 11) is 0. The smallest absolute Gasteiger partial charge is 0.0114 e. The van der Waals surface area contributed by atoms with Crippen molar-refractivity contribution < 1.29 is 23.3 Å². The van der Waals surface area contributed by atoms with Crippen LogP contribution in [0.1, 0.15) is 48.3 Å². The summed E-state index contributed by atoms with van der Waals surface area (Å²) in [4.78, 5) is 0. The van der Waals surface area contributed by atoms with E-state index in [0.717, 1.165) is 5.92 Å². The van der Waals surface area contributed by atoms with E-state index in [2.05, 4.69) is 160 Å². The number of hydrogen-bond donors (Lipinski definition) is 0. The molecule has 0 saturated heterocycles. The van der Waals surface area contributed by atoms with Gasteiger partial charge in [-0.15, -0.1) is 68.6 Å². The first-order chi connectivity index (χ1) is 23.1. The monoisotopic (exact) mass is 726 g/mol. The van der Waals surface area contributed by atoms with Crippen LogP contribution in [0.5, 0.6) is 0 Å². The van der Waals surface area contributed by atoms with Gasteiger partial charge in [-0.2, -0.15) is 12.1 Å². The first kappa shape index (κ1) is 36.4. The van der Waals surface area contributed by atoms with E-state index in [-0.39, 0.29) is 14.9 Å². The Kier molecular flexibility index (Phi) is 12.1. The van der Waals surface area contributed by atoms with Crippen molar-refractivity contribution in [3.63, 3.8) is 0 Å². The molecule has 0 bridgehead atoms. The summed E-state index contributed by atoms with van der Waals surface area (Å²) < 4.78 is 0. The molecule has 9 rings (SSSR count). The summed E-state index contributed by atoms with van der Waals surface area (Å²) in [5.74, 6) is 0.776. The van der Waals surface area contributed by atoms with E-state index in [4.69, 9.17) is 0 Å². The average Bonchev–Trinajstić information content (AvgIpc) is 3.90. The Bertz CT molecular complexity index is 2320. The van der Waals surface area contributed by atoms with Crippen molar-refractivity contribution in [3.8, 4) is 22.3 Å². The zero-order chi connectivity index (χ0) is 32.3. The van der Waals surface area contributed by atoms with Gasteiger partial charge in [0.1, 0.15) is 0 Å². The Labute approximate surface area is 310 Å². The van der Waals surface area contributed by atoms with Crippen LogP contribution in [0.25, 0.3) is 65.3 Å². The van der Waals surface area contributed by atoms with E-state index in [0.29, 0.717) is 0 Å². The molecule has 1 fully saturated rings. The standard InChI is InChI=1S/C24H21.C21H17.2CH3.Si.Zr/c1-2-8-17(7-1)20-15-19-11-6-14-23(24(19)16-20)22-13-5-10-18-9-3-4-12-21(18)22;1-14-12-20-15(2)10-11-19(21(20)13-14)18-9-5-7-16-6-3-4-8-17(16)18;;;;/h3-6,9-17H,1-2,7-8H2;3-13H,1-2H3;2*1H3;;/q4*-1;;. The van der Waals surface area contributed by atoms with Crippen molar-refractivity contribution in [1.82, 2.24) is 0 Å². The first-order valence-electron chi connectivity index (χ1n) is 16.7. The summed E-state index contributed by atoms with van der Waals surface area (Å²) >= 11 is 1.36. The Morgan fingerprint density at radius 2 is 1.04 bits per heavy atom. The van der Waals surface area contributed by atoms with E-state index in [1.165, 1.54) is 125 Å². The molecule has 0 N–H and O–H groups in total. The van der Waals surface area contributed by atoms with Crippen LogP contribution in [0.4, 0.5) is 0 Å². The zero-order valence-electron chi connectivity index (χ0n) is 29.2. The molecule has 1 aliphatic carbocycles. The molecule has 0 heterocycles. The number of aryl methyl sites for hydroxylation is 2. The molecule has 2 heteroatoms. The summed E-state index contributed by atoms with van der Waals surface area (Å²) in [5.41, 5.74) is 9.61. The summed E-state index contributed by atoms with van der Waals surface area (Å²) in [6, 6.07) is 51.3. The predicted octanol–water partition coefficient (Wildman–Crippen LogP) is 13.5. The van der Waals surface area contributed by atoms with Gasteiger partial charge in [-0.05, 0) is 51.4 Å². The third-order valence-corrected chi connectivity index (χ3v) is 10.0. The van der Waals surface area contributed by atoms with Crippen LogP contribution in [0.3, 0.4) is 0 Å². The van der Waals surface area contributed by atoms with E-state index in [1.807, 2.05) is 0 Å². The van der Waals surface area contributed by atoms with Gasteiger partial charge < -0.3 is 14.9 Å². The van der Waals surface area contributed by atoms with Crippen molar-refractivity contribution in [1.29, 1.82) is 0 Å². The van der Waals surface area contributed by atoms with Gasteiger partial charge in [0, 0.05) is 0 Å². The van der Waals surface area contributed by atoms with Crippen molar-refractivity contribution in [2.45, 2.75) is 45.4 Å². The zero-order valence-corrected chi connectivity index (χ0v) is 32.6. The van der Waals surface area contributed by atoms with E-state index >= 15 is 0 Å². The normalized spacial score (nSPS) is 12.5. The maximum atomic E-state index is 3.06. The van der Waals surface area contributed by atoms with Gasteiger partial charge in [0.05, 0.1) is 0 Å². The number of rotatable bonds is 3. The minimum atomic E-state index is 0. The second kappa shape index (κ2) is 16.2. The Hall–Kier alpha value is -3.84. The Morgan fingerprint density at radius 1 is 0.531 bits per heavy atom. The first-order valence-corrected chi connectivity index (χ1v) is 20.9. The van der Waals surface area contributed by atoms with Crippen molar-refractivity contribution in [2.75, 3.05) is 0 Å². The molecule has 1 aliphatic rings. The van der Waals surface area contributed by atoms with Crippen LogP contribution in [0.2, 0.25) is 0 Å². The maximum Gasteiger partial charge on any atom is -0.0114 e. The molecule has 49 heavy (non-hydrogen) atoms. The maximum absolute atomic E-state index is 3.06. The second-order valence-corrected chi connectivity index (χ2v) is 12.9. The Morgan fingerprint density at radius 3 is 1.65 bits per heavy atom. The molecular formula is C47H44SiZr-4. The van der Waals surface area contributed by atoms with Gasteiger partial charge >= 0.3 is 30.2 Å². The van der Waals surface area contributed by atoms with E-state index in [1.54, 1.807) is 5.56 Å². The van der Waals surface area contributed by atoms with Crippen LogP contribution >= 0.6 is 0 Å². The van der Waals surface area contributed by atoms with Gasteiger partial charge in [0.25, 0.3) is 0 Å². The molecule has 0 nitrogen and oxygen atoms in total. The van der Waals surface area contributed by atoms with Gasteiger partial charge in [-0.1, -0.05) is 135 Å². The molecule has 0 aliphatic heterocycles. The molecule has 0 atom stereocenters. The molecule has 0 spiro atoms. The molecule has 8 aromatic carbocycles. The van der Waals surface area contributed by atoms with Crippen molar-refractivity contribution in [3.05, 3.63) is 171 Å². The molecule has 2 radical (unpaired) electrons. The molecule has 1 saturated carbocycles. The fourth-order valence-electron chi connectivity index (χ4n) is 7.73. The molecule has 8 aromatic rings. The third kappa shape index (κ3) is 7.23. The fourth-order valence-corrected chi connectivity index (χ4v) is 7.73. The average molecular weight is 728 g/mol. The van der Waals surface area contributed by atoms with Gasteiger partial charge in [-0.3, -0.25) is 0 Å². The van der Waals surface area contributed by atoms with Crippen molar-refractivity contribution in [2.24, 2.45) is 0 Å². The molecule has 244 valence electrons. The number of benzene rings is 6. The molecule has 0 amide bonds. The van der Waals surface area contributed by atoms with Crippen molar-refractivity contribution >= 4 is 50.0 Å². The van der Waals surface area contributed by atoms with Crippen LogP contribution in [0, 0.1) is 28.7 Å². The second-order valence-electron chi connectivity index (χ2n) is 12.9. The van der Waals surface area contributed by atoms with Crippen LogP contribution in [-0.4, -0.2) is 6.88 Å². The quantitative estimate of drug-likeness (QED) is 0.126. The number of fused-ring (bicyclic) bond motifs is 4. The minimum absolute atomic E-state index is 0.